The van der Waals surface area contributed by atoms with Crippen LogP contribution in [-0.2, 0) is 6.54 Å². The minimum absolute atomic E-state index is 0.440. The van der Waals surface area contributed by atoms with Gasteiger partial charge in [-0.2, -0.15) is 5.10 Å². The van der Waals surface area contributed by atoms with Gasteiger partial charge in [0.2, 0.25) is 0 Å². The maximum absolute atomic E-state index is 10.1. The van der Waals surface area contributed by atoms with E-state index in [9.17, 15) is 5.11 Å². The number of aromatic nitrogens is 2. The normalized spacial score (nSPS) is 12.4. The summed E-state index contributed by atoms with van der Waals surface area (Å²) in [6, 6.07) is 8.10. The summed E-state index contributed by atoms with van der Waals surface area (Å²) in [7, 11) is 2.01. The van der Waals surface area contributed by atoms with Crippen molar-refractivity contribution in [2.24, 2.45) is 0 Å². The molecule has 19 heavy (non-hydrogen) atoms. The Hall–Kier alpha value is -1.81. The van der Waals surface area contributed by atoms with Gasteiger partial charge in [0.15, 0.2) is 0 Å². The minimum Gasteiger partial charge on any atom is -0.389 e. The predicted molar refractivity (Wildman–Crippen MR) is 77.4 cm³/mol. The van der Waals surface area contributed by atoms with Gasteiger partial charge in [-0.1, -0.05) is 12.1 Å². The van der Waals surface area contributed by atoms with Crippen LogP contribution in [0.2, 0.25) is 0 Å². The Balaban J connectivity index is 2.00. The van der Waals surface area contributed by atoms with Crippen LogP contribution in [0.1, 0.15) is 11.1 Å². The van der Waals surface area contributed by atoms with Gasteiger partial charge in [0.1, 0.15) is 0 Å². The molecule has 4 heteroatoms. The Labute approximate surface area is 114 Å². The molecule has 1 N–H and O–H groups in total. The SMILES string of the molecule is Cc1cccc(N(C)C[C@@H](O)Cn2cccn2)c1C. The van der Waals surface area contributed by atoms with E-state index in [0.717, 1.165) is 0 Å². The first-order valence-corrected chi connectivity index (χ1v) is 6.51. The van der Waals surface area contributed by atoms with E-state index in [1.807, 2.05) is 25.4 Å². The van der Waals surface area contributed by atoms with Gasteiger partial charge in [0.25, 0.3) is 0 Å². The Morgan fingerprint density at radius 3 is 2.79 bits per heavy atom. The summed E-state index contributed by atoms with van der Waals surface area (Å²) in [5.74, 6) is 0. The Kier molecular flexibility index (Phi) is 4.22. The van der Waals surface area contributed by atoms with Crippen LogP contribution >= 0.6 is 0 Å². The summed E-state index contributed by atoms with van der Waals surface area (Å²) >= 11 is 0. The average molecular weight is 259 g/mol. The highest BCUT2D eigenvalue weighted by Gasteiger charge is 2.12. The molecule has 1 aromatic carbocycles. The lowest BCUT2D eigenvalue weighted by Crippen LogP contribution is -2.32. The summed E-state index contributed by atoms with van der Waals surface area (Å²) in [5.41, 5.74) is 3.70. The Morgan fingerprint density at radius 1 is 1.32 bits per heavy atom. The van der Waals surface area contributed by atoms with Crippen LogP contribution in [0.5, 0.6) is 0 Å². The summed E-state index contributed by atoms with van der Waals surface area (Å²) in [6.07, 6.45) is 3.15. The summed E-state index contributed by atoms with van der Waals surface area (Å²) in [4.78, 5) is 2.09. The van der Waals surface area contributed by atoms with Gasteiger partial charge >= 0.3 is 0 Å². The lowest BCUT2D eigenvalue weighted by atomic mass is 10.1. The topological polar surface area (TPSA) is 41.3 Å². The zero-order valence-corrected chi connectivity index (χ0v) is 11.7. The van der Waals surface area contributed by atoms with Gasteiger partial charge in [0, 0.05) is 31.7 Å². The monoisotopic (exact) mass is 259 g/mol. The van der Waals surface area contributed by atoms with Crippen LogP contribution in [-0.4, -0.2) is 34.6 Å². The molecule has 1 aromatic heterocycles. The predicted octanol–water partition coefficient (Wildman–Crippen LogP) is 2.00. The van der Waals surface area contributed by atoms with Gasteiger partial charge in [-0.05, 0) is 37.1 Å². The molecule has 0 aliphatic heterocycles. The molecular formula is C15H21N3O. The molecule has 0 aliphatic rings. The number of nitrogens with zero attached hydrogens (tertiary/aromatic N) is 3. The second kappa shape index (κ2) is 5.89. The Bertz CT molecular complexity index is 522. The fourth-order valence-corrected chi connectivity index (χ4v) is 2.25. The van der Waals surface area contributed by atoms with Gasteiger partial charge in [-0.15, -0.1) is 0 Å². The molecule has 102 valence electrons. The lowest BCUT2D eigenvalue weighted by molar-refractivity contribution is 0.156. The van der Waals surface area contributed by atoms with Crippen molar-refractivity contribution < 1.29 is 5.11 Å². The molecule has 0 fully saturated rings. The maximum Gasteiger partial charge on any atom is 0.0910 e. The van der Waals surface area contributed by atoms with Crippen molar-refractivity contribution in [2.75, 3.05) is 18.5 Å². The van der Waals surface area contributed by atoms with Crippen LogP contribution in [0.15, 0.2) is 36.7 Å². The molecule has 4 nitrogen and oxygen atoms in total. The summed E-state index contributed by atoms with van der Waals surface area (Å²) in [5, 5.41) is 14.2. The molecule has 0 spiro atoms. The third kappa shape index (κ3) is 3.35. The molecule has 0 amide bonds. The number of likely N-dealkylation sites (N-methyl/N-ethyl adjacent to an activating group) is 1. The lowest BCUT2D eigenvalue weighted by Gasteiger charge is -2.25. The summed E-state index contributed by atoms with van der Waals surface area (Å²) < 4.78 is 1.75. The number of aliphatic hydroxyl groups is 1. The molecule has 0 bridgehead atoms. The van der Waals surface area contributed by atoms with Crippen molar-refractivity contribution >= 4 is 5.69 Å². The van der Waals surface area contributed by atoms with Crippen LogP contribution < -0.4 is 4.90 Å². The van der Waals surface area contributed by atoms with E-state index >= 15 is 0 Å². The molecule has 0 saturated heterocycles. The van der Waals surface area contributed by atoms with E-state index in [1.165, 1.54) is 16.8 Å². The van der Waals surface area contributed by atoms with Crippen LogP contribution in [0.3, 0.4) is 0 Å². The number of anilines is 1. The first-order valence-electron chi connectivity index (χ1n) is 6.51. The molecule has 1 atom stereocenters. The quantitative estimate of drug-likeness (QED) is 0.893. The number of hydrogen-bond donors (Lipinski definition) is 1. The van der Waals surface area contributed by atoms with Crippen LogP contribution in [0.4, 0.5) is 5.69 Å². The largest absolute Gasteiger partial charge is 0.389 e. The highest BCUT2D eigenvalue weighted by molar-refractivity contribution is 5.55. The van der Waals surface area contributed by atoms with Gasteiger partial charge < -0.3 is 10.0 Å². The van der Waals surface area contributed by atoms with Gasteiger partial charge in [-0.3, -0.25) is 4.68 Å². The molecule has 2 rings (SSSR count). The fourth-order valence-electron chi connectivity index (χ4n) is 2.25. The zero-order valence-electron chi connectivity index (χ0n) is 11.7. The van der Waals surface area contributed by atoms with Crippen LogP contribution in [0.25, 0.3) is 0 Å². The highest BCUT2D eigenvalue weighted by Crippen LogP contribution is 2.21. The standard InChI is InChI=1S/C15H21N3O/c1-12-6-4-7-15(13(12)2)17(3)10-14(19)11-18-9-5-8-16-18/h4-9,14,19H,10-11H2,1-3H3/t14-/m1/s1. The fraction of sp³-hybridized carbons (Fsp3) is 0.400. The van der Waals surface area contributed by atoms with Crippen LogP contribution in [0, 0.1) is 13.8 Å². The zero-order chi connectivity index (χ0) is 13.8. The molecule has 0 radical (unpaired) electrons. The molecule has 0 saturated carbocycles. The Morgan fingerprint density at radius 2 is 2.11 bits per heavy atom. The first-order chi connectivity index (χ1) is 9.08. The minimum atomic E-state index is -0.440. The van der Waals surface area contributed by atoms with Gasteiger partial charge in [-0.25, -0.2) is 0 Å². The first kappa shape index (κ1) is 13.6. The van der Waals surface area contributed by atoms with Crippen molar-refractivity contribution in [3.8, 4) is 0 Å². The van der Waals surface area contributed by atoms with Gasteiger partial charge in [0.05, 0.1) is 12.6 Å². The number of aliphatic hydroxyl groups excluding tert-OH is 1. The van der Waals surface area contributed by atoms with E-state index in [2.05, 4.69) is 36.0 Å². The highest BCUT2D eigenvalue weighted by atomic mass is 16.3. The second-order valence-corrected chi connectivity index (χ2v) is 4.98. The smallest absolute Gasteiger partial charge is 0.0910 e. The third-order valence-electron chi connectivity index (χ3n) is 3.43. The molecule has 0 unspecified atom stereocenters. The van der Waals surface area contributed by atoms with Crippen molar-refractivity contribution in [3.63, 3.8) is 0 Å². The van der Waals surface area contributed by atoms with Crippen molar-refractivity contribution in [1.82, 2.24) is 9.78 Å². The van der Waals surface area contributed by atoms with E-state index in [4.69, 9.17) is 0 Å². The molecule has 0 aliphatic carbocycles. The molecule has 2 aromatic rings. The van der Waals surface area contributed by atoms with E-state index in [0.29, 0.717) is 13.1 Å². The maximum atomic E-state index is 10.1. The van der Waals surface area contributed by atoms with Crippen molar-refractivity contribution in [1.29, 1.82) is 0 Å². The number of benzene rings is 1. The second-order valence-electron chi connectivity index (χ2n) is 4.98. The summed E-state index contributed by atoms with van der Waals surface area (Å²) in [6.45, 7) is 5.32. The number of aryl methyl sites for hydroxylation is 1. The third-order valence-corrected chi connectivity index (χ3v) is 3.43. The van der Waals surface area contributed by atoms with Crippen molar-refractivity contribution in [2.45, 2.75) is 26.5 Å². The van der Waals surface area contributed by atoms with E-state index in [-0.39, 0.29) is 0 Å². The van der Waals surface area contributed by atoms with E-state index in [1.54, 1.807) is 10.9 Å². The van der Waals surface area contributed by atoms with Crippen molar-refractivity contribution in [3.05, 3.63) is 47.8 Å². The molecule has 1 heterocycles. The number of hydrogen-bond acceptors (Lipinski definition) is 3. The molecular weight excluding hydrogens is 238 g/mol. The van der Waals surface area contributed by atoms with E-state index < -0.39 is 6.10 Å². The number of rotatable bonds is 5. The average Bonchev–Trinajstić information content (AvgIpc) is 2.85.